The second-order valence-electron chi connectivity index (χ2n) is 6.68. The molecule has 1 saturated carbocycles. The van der Waals surface area contributed by atoms with Crippen molar-refractivity contribution in [1.29, 1.82) is 0 Å². The maximum absolute atomic E-state index is 11.9. The maximum Gasteiger partial charge on any atom is 0.306 e. The molecule has 4 heteroatoms. The van der Waals surface area contributed by atoms with Gasteiger partial charge in [-0.3, -0.25) is 9.59 Å². The van der Waals surface area contributed by atoms with Crippen molar-refractivity contribution in [3.05, 3.63) is 0 Å². The highest BCUT2D eigenvalue weighted by molar-refractivity contribution is 5.73. The number of carboxylic acid groups (broad SMARTS) is 1. The van der Waals surface area contributed by atoms with E-state index in [0.29, 0.717) is 5.92 Å². The standard InChI is InChI=1S/C14H24O4/c1-10-5-6-14(7-10,8-11(15)16)9-12(17)18-13(2,3)4/h10H,5-9H2,1-4H3,(H,15,16). The Kier molecular flexibility index (Phi) is 4.41. The lowest BCUT2D eigenvalue weighted by Crippen LogP contribution is -2.30. The molecule has 1 rings (SSSR count). The largest absolute Gasteiger partial charge is 0.481 e. The van der Waals surface area contributed by atoms with Crippen LogP contribution in [0.4, 0.5) is 0 Å². The van der Waals surface area contributed by atoms with E-state index in [-0.39, 0.29) is 18.8 Å². The average Bonchev–Trinajstić information content (AvgIpc) is 2.41. The first-order chi connectivity index (χ1) is 8.12. The van der Waals surface area contributed by atoms with Gasteiger partial charge in [-0.15, -0.1) is 0 Å². The van der Waals surface area contributed by atoms with Gasteiger partial charge in [0.1, 0.15) is 5.60 Å². The number of aliphatic carboxylic acids is 1. The number of ether oxygens (including phenoxy) is 1. The molecule has 0 bridgehead atoms. The monoisotopic (exact) mass is 256 g/mol. The summed E-state index contributed by atoms with van der Waals surface area (Å²) in [7, 11) is 0. The molecular weight excluding hydrogens is 232 g/mol. The van der Waals surface area contributed by atoms with E-state index in [1.54, 1.807) is 0 Å². The molecule has 2 atom stereocenters. The maximum atomic E-state index is 11.9. The van der Waals surface area contributed by atoms with E-state index >= 15 is 0 Å². The van der Waals surface area contributed by atoms with Gasteiger partial charge in [0.2, 0.25) is 0 Å². The summed E-state index contributed by atoms with van der Waals surface area (Å²) in [5.74, 6) is -0.614. The molecule has 1 aliphatic carbocycles. The summed E-state index contributed by atoms with van der Waals surface area (Å²) < 4.78 is 5.31. The molecule has 0 saturated heterocycles. The first-order valence-electron chi connectivity index (χ1n) is 6.56. The Morgan fingerprint density at radius 2 is 1.94 bits per heavy atom. The molecule has 0 aromatic rings. The van der Waals surface area contributed by atoms with Gasteiger partial charge < -0.3 is 9.84 Å². The number of carbonyl (C=O) groups is 2. The van der Waals surface area contributed by atoms with Crippen molar-refractivity contribution < 1.29 is 19.4 Å². The van der Waals surface area contributed by atoms with Gasteiger partial charge in [-0.05, 0) is 44.9 Å². The minimum Gasteiger partial charge on any atom is -0.481 e. The molecule has 0 aromatic carbocycles. The molecule has 1 fully saturated rings. The Morgan fingerprint density at radius 1 is 1.33 bits per heavy atom. The van der Waals surface area contributed by atoms with Crippen LogP contribution in [0.2, 0.25) is 0 Å². The highest BCUT2D eigenvalue weighted by Gasteiger charge is 2.41. The van der Waals surface area contributed by atoms with Crippen molar-refractivity contribution in [2.75, 3.05) is 0 Å². The minimum atomic E-state index is -0.826. The van der Waals surface area contributed by atoms with E-state index in [4.69, 9.17) is 9.84 Å². The summed E-state index contributed by atoms with van der Waals surface area (Å²) in [5.41, 5.74) is -0.903. The van der Waals surface area contributed by atoms with Crippen LogP contribution in [0, 0.1) is 11.3 Å². The van der Waals surface area contributed by atoms with Gasteiger partial charge in [0.15, 0.2) is 0 Å². The first-order valence-corrected chi connectivity index (χ1v) is 6.56. The fraction of sp³-hybridized carbons (Fsp3) is 0.857. The zero-order chi connectivity index (χ0) is 14.0. The minimum absolute atomic E-state index is 0.0661. The fourth-order valence-electron chi connectivity index (χ4n) is 2.88. The Labute approximate surface area is 109 Å². The third-order valence-electron chi connectivity index (χ3n) is 3.41. The van der Waals surface area contributed by atoms with Crippen molar-refractivity contribution in [1.82, 2.24) is 0 Å². The molecule has 2 unspecified atom stereocenters. The van der Waals surface area contributed by atoms with Gasteiger partial charge in [0.25, 0.3) is 0 Å². The van der Waals surface area contributed by atoms with Gasteiger partial charge in [0, 0.05) is 0 Å². The summed E-state index contributed by atoms with van der Waals surface area (Å²) in [6, 6.07) is 0. The van der Waals surface area contributed by atoms with Crippen LogP contribution in [0.5, 0.6) is 0 Å². The average molecular weight is 256 g/mol. The zero-order valence-electron chi connectivity index (χ0n) is 11.8. The number of carbonyl (C=O) groups excluding carboxylic acids is 1. The lowest BCUT2D eigenvalue weighted by Gasteiger charge is -2.28. The summed E-state index contributed by atoms with van der Waals surface area (Å²) in [6.07, 6.45) is 2.89. The van der Waals surface area contributed by atoms with E-state index in [2.05, 4.69) is 6.92 Å². The predicted molar refractivity (Wildman–Crippen MR) is 68.2 cm³/mol. The second-order valence-corrected chi connectivity index (χ2v) is 6.68. The molecule has 104 valence electrons. The number of rotatable bonds is 4. The van der Waals surface area contributed by atoms with Crippen LogP contribution in [0.25, 0.3) is 0 Å². The fourth-order valence-corrected chi connectivity index (χ4v) is 2.88. The molecular formula is C14H24O4. The van der Waals surface area contributed by atoms with E-state index < -0.39 is 17.0 Å². The Bertz CT molecular complexity index is 329. The van der Waals surface area contributed by atoms with Crippen LogP contribution < -0.4 is 0 Å². The van der Waals surface area contributed by atoms with Gasteiger partial charge in [-0.2, -0.15) is 0 Å². The van der Waals surface area contributed by atoms with Gasteiger partial charge in [-0.1, -0.05) is 13.3 Å². The normalized spacial score (nSPS) is 28.1. The Hall–Kier alpha value is -1.06. The SMILES string of the molecule is CC1CCC(CC(=O)O)(CC(=O)OC(C)(C)C)C1. The molecule has 1 aliphatic rings. The Morgan fingerprint density at radius 3 is 2.33 bits per heavy atom. The van der Waals surface area contributed by atoms with Crippen molar-refractivity contribution in [2.24, 2.45) is 11.3 Å². The molecule has 0 aromatic heterocycles. The van der Waals surface area contributed by atoms with Crippen LogP contribution in [-0.4, -0.2) is 22.6 Å². The van der Waals surface area contributed by atoms with E-state index in [9.17, 15) is 9.59 Å². The smallest absolute Gasteiger partial charge is 0.306 e. The lowest BCUT2D eigenvalue weighted by atomic mass is 9.79. The molecule has 0 spiro atoms. The number of hydrogen-bond acceptors (Lipinski definition) is 3. The molecule has 1 N–H and O–H groups in total. The lowest BCUT2D eigenvalue weighted by molar-refractivity contribution is -0.158. The number of carboxylic acids is 1. The van der Waals surface area contributed by atoms with E-state index in [0.717, 1.165) is 19.3 Å². The van der Waals surface area contributed by atoms with Crippen LogP contribution in [0.3, 0.4) is 0 Å². The predicted octanol–water partition coefficient (Wildman–Crippen LogP) is 3.00. The quantitative estimate of drug-likeness (QED) is 0.785. The van der Waals surface area contributed by atoms with Gasteiger partial charge in [0.05, 0.1) is 12.8 Å². The van der Waals surface area contributed by atoms with Crippen molar-refractivity contribution in [2.45, 2.75) is 65.4 Å². The Balaban J connectivity index is 2.68. The van der Waals surface area contributed by atoms with Gasteiger partial charge in [-0.25, -0.2) is 0 Å². The number of esters is 1. The zero-order valence-corrected chi connectivity index (χ0v) is 11.8. The summed E-state index contributed by atoms with van der Waals surface area (Å²) in [6.45, 7) is 7.59. The van der Waals surface area contributed by atoms with Gasteiger partial charge >= 0.3 is 11.9 Å². The highest BCUT2D eigenvalue weighted by Crippen LogP contribution is 2.47. The second kappa shape index (κ2) is 5.29. The molecule has 4 nitrogen and oxygen atoms in total. The van der Waals surface area contributed by atoms with Crippen molar-refractivity contribution in [3.63, 3.8) is 0 Å². The third-order valence-corrected chi connectivity index (χ3v) is 3.41. The molecule has 18 heavy (non-hydrogen) atoms. The molecule has 0 amide bonds. The molecule has 0 aliphatic heterocycles. The third kappa shape index (κ3) is 4.67. The van der Waals surface area contributed by atoms with Crippen LogP contribution in [-0.2, 0) is 14.3 Å². The summed E-state index contributed by atoms with van der Waals surface area (Å²) in [4.78, 5) is 22.9. The van der Waals surface area contributed by atoms with E-state index in [1.165, 1.54) is 0 Å². The topological polar surface area (TPSA) is 63.6 Å². The van der Waals surface area contributed by atoms with Crippen LogP contribution in [0.15, 0.2) is 0 Å². The molecule has 0 heterocycles. The molecule has 0 radical (unpaired) electrons. The van der Waals surface area contributed by atoms with E-state index in [1.807, 2.05) is 20.8 Å². The highest BCUT2D eigenvalue weighted by atomic mass is 16.6. The van der Waals surface area contributed by atoms with Crippen LogP contribution in [0.1, 0.15) is 59.8 Å². The van der Waals surface area contributed by atoms with Crippen molar-refractivity contribution in [3.8, 4) is 0 Å². The summed E-state index contributed by atoms with van der Waals surface area (Å²) >= 11 is 0. The van der Waals surface area contributed by atoms with Crippen LogP contribution >= 0.6 is 0 Å². The number of hydrogen-bond donors (Lipinski definition) is 1. The summed E-state index contributed by atoms with van der Waals surface area (Å²) in [5, 5.41) is 9.02. The first kappa shape index (κ1) is 15.0. The van der Waals surface area contributed by atoms with Crippen molar-refractivity contribution >= 4 is 11.9 Å².